The lowest BCUT2D eigenvalue weighted by Gasteiger charge is -2.28. The van der Waals surface area contributed by atoms with E-state index in [1.54, 1.807) is 0 Å². The Balaban J connectivity index is 2.18. The van der Waals surface area contributed by atoms with Crippen LogP contribution in [0.2, 0.25) is 0 Å². The molecule has 5 N–H and O–H groups in total. The van der Waals surface area contributed by atoms with E-state index in [1.165, 1.54) is 36.0 Å². The van der Waals surface area contributed by atoms with Crippen molar-refractivity contribution in [3.63, 3.8) is 0 Å². The van der Waals surface area contributed by atoms with E-state index in [-0.39, 0.29) is 31.0 Å². The number of amides is 4. The molecule has 0 bridgehead atoms. The van der Waals surface area contributed by atoms with E-state index in [2.05, 4.69) is 10.3 Å². The molecule has 1 fully saturated rings. The molecule has 0 spiro atoms. The smallest absolute Gasteiger partial charge is 0.279 e. The SMILES string of the molecule is CC(C)N1C(=NC(=O)c2ccc(C(N)=O)cc2)SC(C(=O)NCCC(N)=O)C1C. The first-order valence-corrected chi connectivity index (χ1v) is 10.0. The maximum Gasteiger partial charge on any atom is 0.279 e. The summed E-state index contributed by atoms with van der Waals surface area (Å²) in [5, 5.41) is 2.67. The zero-order valence-corrected chi connectivity index (χ0v) is 17.4. The Labute approximate surface area is 173 Å². The van der Waals surface area contributed by atoms with Crippen LogP contribution < -0.4 is 16.8 Å². The molecule has 1 saturated heterocycles. The third-order valence-electron chi connectivity index (χ3n) is 4.43. The second-order valence-electron chi connectivity index (χ2n) is 6.93. The fraction of sp³-hybridized carbons (Fsp3) is 0.421. The molecule has 2 unspecified atom stereocenters. The number of thioether (sulfide) groups is 1. The average Bonchev–Trinajstić information content (AvgIpc) is 2.97. The molecule has 1 aliphatic heterocycles. The normalized spacial score (nSPS) is 20.1. The number of hydrogen-bond donors (Lipinski definition) is 3. The molecule has 0 aliphatic carbocycles. The van der Waals surface area contributed by atoms with Crippen LogP contribution in [0.15, 0.2) is 29.3 Å². The number of amidine groups is 1. The third-order valence-corrected chi connectivity index (χ3v) is 5.80. The van der Waals surface area contributed by atoms with Crippen LogP contribution in [-0.2, 0) is 9.59 Å². The molecule has 1 aliphatic rings. The standard InChI is InChI=1S/C19H25N5O4S/c1-10(2)24-11(3)15(18(28)22-9-8-14(20)25)29-19(24)23-17(27)13-6-4-12(5-7-13)16(21)26/h4-7,10-11,15H,8-9H2,1-3H3,(H2,20,25)(H2,21,26)(H,22,28). The first-order valence-electron chi connectivity index (χ1n) is 9.15. The van der Waals surface area contributed by atoms with Gasteiger partial charge >= 0.3 is 0 Å². The van der Waals surface area contributed by atoms with Crippen molar-refractivity contribution < 1.29 is 19.2 Å². The molecular formula is C19H25N5O4S. The number of nitrogens with one attached hydrogen (secondary N) is 1. The Bertz CT molecular complexity index is 838. The maximum absolute atomic E-state index is 12.6. The lowest BCUT2D eigenvalue weighted by molar-refractivity contribution is -0.121. The van der Waals surface area contributed by atoms with Gasteiger partial charge < -0.3 is 21.7 Å². The number of nitrogens with two attached hydrogens (primary N) is 2. The monoisotopic (exact) mass is 419 g/mol. The van der Waals surface area contributed by atoms with Gasteiger partial charge in [-0.1, -0.05) is 11.8 Å². The van der Waals surface area contributed by atoms with E-state index in [0.717, 1.165) is 0 Å². The Hall–Kier alpha value is -2.88. The van der Waals surface area contributed by atoms with E-state index in [0.29, 0.717) is 16.3 Å². The number of nitrogens with zero attached hydrogens (tertiary/aromatic N) is 2. The molecular weight excluding hydrogens is 394 g/mol. The van der Waals surface area contributed by atoms with Gasteiger partial charge in [0.05, 0.1) is 0 Å². The summed E-state index contributed by atoms with van der Waals surface area (Å²) >= 11 is 1.21. The molecule has 0 radical (unpaired) electrons. The van der Waals surface area contributed by atoms with Crippen molar-refractivity contribution in [2.24, 2.45) is 16.5 Å². The van der Waals surface area contributed by atoms with Crippen molar-refractivity contribution in [1.29, 1.82) is 0 Å². The molecule has 9 nitrogen and oxygen atoms in total. The third kappa shape index (κ3) is 5.57. The minimum absolute atomic E-state index is 0.0182. The average molecular weight is 420 g/mol. The van der Waals surface area contributed by atoms with Crippen LogP contribution in [0.3, 0.4) is 0 Å². The quantitative estimate of drug-likeness (QED) is 0.586. The van der Waals surface area contributed by atoms with E-state index in [1.807, 2.05) is 25.7 Å². The van der Waals surface area contributed by atoms with Gasteiger partial charge in [-0.05, 0) is 45.0 Å². The zero-order valence-electron chi connectivity index (χ0n) is 16.5. The second-order valence-corrected chi connectivity index (χ2v) is 8.04. The van der Waals surface area contributed by atoms with Gasteiger partial charge in [0, 0.05) is 36.2 Å². The molecule has 2 rings (SSSR count). The van der Waals surface area contributed by atoms with E-state index >= 15 is 0 Å². The Morgan fingerprint density at radius 1 is 1.14 bits per heavy atom. The van der Waals surface area contributed by atoms with Crippen molar-refractivity contribution in [2.75, 3.05) is 6.54 Å². The number of primary amides is 2. The summed E-state index contributed by atoms with van der Waals surface area (Å²) in [5.74, 6) is -1.78. The fourth-order valence-corrected chi connectivity index (χ4v) is 4.36. The van der Waals surface area contributed by atoms with Crippen molar-refractivity contribution in [1.82, 2.24) is 10.2 Å². The lowest BCUT2D eigenvalue weighted by Crippen LogP contribution is -2.45. The fourth-order valence-electron chi connectivity index (χ4n) is 2.98. The summed E-state index contributed by atoms with van der Waals surface area (Å²) in [6, 6.07) is 5.74. The molecule has 1 aromatic rings. The molecule has 4 amide bonds. The number of hydrogen-bond acceptors (Lipinski definition) is 5. The predicted molar refractivity (Wildman–Crippen MR) is 111 cm³/mol. The molecule has 1 aromatic carbocycles. The summed E-state index contributed by atoms with van der Waals surface area (Å²) < 4.78 is 0. The van der Waals surface area contributed by atoms with Crippen LogP contribution in [0.4, 0.5) is 0 Å². The van der Waals surface area contributed by atoms with Gasteiger partial charge in [0.25, 0.3) is 5.91 Å². The Kier molecular flexibility index (Phi) is 7.38. The summed E-state index contributed by atoms with van der Waals surface area (Å²) in [7, 11) is 0. The van der Waals surface area contributed by atoms with Crippen LogP contribution in [0.1, 0.15) is 47.9 Å². The summed E-state index contributed by atoms with van der Waals surface area (Å²) in [5.41, 5.74) is 10.9. The van der Waals surface area contributed by atoms with E-state index in [9.17, 15) is 19.2 Å². The first kappa shape index (κ1) is 22.4. The van der Waals surface area contributed by atoms with Gasteiger partial charge in [-0.25, -0.2) is 0 Å². The van der Waals surface area contributed by atoms with Gasteiger partial charge in [0.2, 0.25) is 17.7 Å². The van der Waals surface area contributed by atoms with Crippen molar-refractivity contribution in [3.05, 3.63) is 35.4 Å². The highest BCUT2D eigenvalue weighted by molar-refractivity contribution is 8.15. The van der Waals surface area contributed by atoms with Gasteiger partial charge in [0.1, 0.15) is 5.25 Å². The Morgan fingerprint density at radius 3 is 2.24 bits per heavy atom. The molecule has 156 valence electrons. The van der Waals surface area contributed by atoms with E-state index in [4.69, 9.17) is 11.5 Å². The second kappa shape index (κ2) is 9.55. The highest BCUT2D eigenvalue weighted by atomic mass is 32.2. The lowest BCUT2D eigenvalue weighted by atomic mass is 10.1. The van der Waals surface area contributed by atoms with Crippen molar-refractivity contribution >= 4 is 40.6 Å². The van der Waals surface area contributed by atoms with Crippen LogP contribution >= 0.6 is 11.8 Å². The number of carbonyl (C=O) groups is 4. The van der Waals surface area contributed by atoms with E-state index < -0.39 is 23.0 Å². The number of aliphatic imine (C=N–C) groups is 1. The van der Waals surface area contributed by atoms with Crippen LogP contribution in [0.25, 0.3) is 0 Å². The van der Waals surface area contributed by atoms with Gasteiger partial charge in [-0.2, -0.15) is 4.99 Å². The van der Waals surface area contributed by atoms with Crippen LogP contribution in [0, 0.1) is 0 Å². The van der Waals surface area contributed by atoms with Crippen LogP contribution in [0.5, 0.6) is 0 Å². The summed E-state index contributed by atoms with van der Waals surface area (Å²) in [4.78, 5) is 53.2. The number of rotatable bonds is 7. The van der Waals surface area contributed by atoms with Gasteiger partial charge in [-0.3, -0.25) is 19.2 Å². The molecule has 10 heteroatoms. The maximum atomic E-state index is 12.6. The number of benzene rings is 1. The highest BCUT2D eigenvalue weighted by Gasteiger charge is 2.42. The first-order chi connectivity index (χ1) is 13.6. The largest absolute Gasteiger partial charge is 0.370 e. The Morgan fingerprint density at radius 2 is 1.72 bits per heavy atom. The summed E-state index contributed by atoms with van der Waals surface area (Å²) in [6.07, 6.45) is 0.0616. The zero-order chi connectivity index (χ0) is 21.7. The molecule has 29 heavy (non-hydrogen) atoms. The molecule has 1 heterocycles. The molecule has 2 atom stereocenters. The van der Waals surface area contributed by atoms with Gasteiger partial charge in [0.15, 0.2) is 5.17 Å². The minimum atomic E-state index is -0.577. The van der Waals surface area contributed by atoms with Crippen molar-refractivity contribution in [2.45, 2.75) is 44.5 Å². The minimum Gasteiger partial charge on any atom is -0.370 e. The highest BCUT2D eigenvalue weighted by Crippen LogP contribution is 2.33. The summed E-state index contributed by atoms with van der Waals surface area (Å²) in [6.45, 7) is 5.95. The topological polar surface area (TPSA) is 148 Å². The molecule has 0 aromatic heterocycles. The molecule has 0 saturated carbocycles. The number of carbonyl (C=O) groups excluding carboxylic acids is 4. The predicted octanol–water partition coefficient (Wildman–Crippen LogP) is 0.488. The van der Waals surface area contributed by atoms with Crippen molar-refractivity contribution in [3.8, 4) is 0 Å². The van der Waals surface area contributed by atoms with Crippen LogP contribution in [-0.4, -0.2) is 57.6 Å². The van der Waals surface area contributed by atoms with Gasteiger partial charge in [-0.15, -0.1) is 0 Å².